The van der Waals surface area contributed by atoms with Crippen molar-refractivity contribution in [1.82, 2.24) is 4.98 Å². The number of benzene rings is 1. The van der Waals surface area contributed by atoms with Crippen LogP contribution < -0.4 is 4.74 Å². The van der Waals surface area contributed by atoms with E-state index in [-0.39, 0.29) is 11.3 Å². The van der Waals surface area contributed by atoms with Crippen molar-refractivity contribution >= 4 is 40.4 Å². The largest absolute Gasteiger partial charge is 0.489 e. The van der Waals surface area contributed by atoms with Crippen molar-refractivity contribution in [3.63, 3.8) is 0 Å². The Bertz CT molecular complexity index is 611. The predicted molar refractivity (Wildman–Crippen MR) is 72.9 cm³/mol. The molecule has 18 heavy (non-hydrogen) atoms. The van der Waals surface area contributed by atoms with Gasteiger partial charge in [-0.3, -0.25) is 4.79 Å². The van der Waals surface area contributed by atoms with E-state index in [1.807, 2.05) is 13.8 Å². The fraction of sp³-hybridized carbons (Fsp3) is 0.231. The molecule has 3 nitrogen and oxygen atoms in total. The lowest BCUT2D eigenvalue weighted by Crippen LogP contribution is -2.06. The van der Waals surface area contributed by atoms with E-state index in [1.165, 1.54) is 0 Å². The van der Waals surface area contributed by atoms with Gasteiger partial charge in [0.2, 0.25) is 0 Å². The number of hydrogen-bond donors (Lipinski definition) is 0. The van der Waals surface area contributed by atoms with E-state index in [0.29, 0.717) is 28.1 Å². The summed E-state index contributed by atoms with van der Waals surface area (Å²) in [5, 5.41) is 1.41. The first-order chi connectivity index (χ1) is 8.51. The van der Waals surface area contributed by atoms with E-state index >= 15 is 0 Å². The maximum absolute atomic E-state index is 10.8. The zero-order chi connectivity index (χ0) is 13.3. The van der Waals surface area contributed by atoms with Gasteiger partial charge in [0.15, 0.2) is 6.29 Å². The number of hydrogen-bond acceptors (Lipinski definition) is 3. The zero-order valence-corrected chi connectivity index (χ0v) is 11.4. The molecule has 0 unspecified atom stereocenters. The van der Waals surface area contributed by atoms with Crippen molar-refractivity contribution in [3.05, 3.63) is 33.9 Å². The lowest BCUT2D eigenvalue weighted by molar-refractivity contribution is 0.112. The molecule has 1 aromatic carbocycles. The van der Waals surface area contributed by atoms with Crippen LogP contribution in [0.25, 0.3) is 10.9 Å². The van der Waals surface area contributed by atoms with Crippen LogP contribution in [-0.4, -0.2) is 17.4 Å². The first kappa shape index (κ1) is 13.1. The summed E-state index contributed by atoms with van der Waals surface area (Å²) in [6.45, 7) is 3.83. The van der Waals surface area contributed by atoms with E-state index in [4.69, 9.17) is 27.9 Å². The molecule has 1 aromatic heterocycles. The van der Waals surface area contributed by atoms with Crippen LogP contribution in [0.15, 0.2) is 18.2 Å². The average molecular weight is 284 g/mol. The molecule has 0 N–H and O–H groups in total. The number of fused-ring (bicyclic) bond motifs is 1. The molecule has 0 aliphatic carbocycles. The van der Waals surface area contributed by atoms with Crippen LogP contribution in [0.3, 0.4) is 0 Å². The van der Waals surface area contributed by atoms with Crippen molar-refractivity contribution in [1.29, 1.82) is 0 Å². The summed E-state index contributed by atoms with van der Waals surface area (Å²) in [6, 6.07) is 5.09. The molecule has 0 atom stereocenters. The third kappa shape index (κ3) is 2.57. The normalized spacial score (nSPS) is 10.9. The van der Waals surface area contributed by atoms with Crippen LogP contribution in [0.1, 0.15) is 24.2 Å². The highest BCUT2D eigenvalue weighted by Gasteiger charge is 2.10. The summed E-state index contributed by atoms with van der Waals surface area (Å²) in [4.78, 5) is 14.9. The molecule has 0 aliphatic rings. The Hall–Kier alpha value is -1.32. The summed E-state index contributed by atoms with van der Waals surface area (Å²) in [6.07, 6.45) is 0.686. The van der Waals surface area contributed by atoms with Gasteiger partial charge in [0.25, 0.3) is 0 Å². The summed E-state index contributed by atoms with van der Waals surface area (Å²) >= 11 is 12.0. The zero-order valence-electron chi connectivity index (χ0n) is 9.91. The standard InChI is InChI=1S/C13H11Cl2NO2/c1-7(2)18-12-5-11-8(4-10(12)14)3-9(6-17)13(15)16-11/h3-7H,1-2H3. The van der Waals surface area contributed by atoms with Gasteiger partial charge in [-0.25, -0.2) is 4.98 Å². The Morgan fingerprint density at radius 3 is 2.61 bits per heavy atom. The van der Waals surface area contributed by atoms with Crippen LogP contribution in [0.5, 0.6) is 5.75 Å². The van der Waals surface area contributed by atoms with Gasteiger partial charge in [0.05, 0.1) is 22.2 Å². The monoisotopic (exact) mass is 283 g/mol. The van der Waals surface area contributed by atoms with Gasteiger partial charge in [0, 0.05) is 11.5 Å². The van der Waals surface area contributed by atoms with Gasteiger partial charge < -0.3 is 4.74 Å². The first-order valence-electron chi connectivity index (χ1n) is 5.43. The van der Waals surface area contributed by atoms with Gasteiger partial charge in [-0.1, -0.05) is 23.2 Å². The number of rotatable bonds is 3. The Morgan fingerprint density at radius 2 is 2.00 bits per heavy atom. The summed E-state index contributed by atoms with van der Waals surface area (Å²) in [7, 11) is 0. The lowest BCUT2D eigenvalue weighted by Gasteiger charge is -2.12. The SMILES string of the molecule is CC(C)Oc1cc2nc(Cl)c(C=O)cc2cc1Cl. The number of aromatic nitrogens is 1. The lowest BCUT2D eigenvalue weighted by atomic mass is 10.1. The van der Waals surface area contributed by atoms with Crippen LogP contribution in [0.2, 0.25) is 10.2 Å². The predicted octanol–water partition coefficient (Wildman–Crippen LogP) is 4.14. The average Bonchev–Trinajstić information content (AvgIpc) is 2.29. The molecule has 0 saturated carbocycles. The molecule has 0 aliphatic heterocycles. The van der Waals surface area contributed by atoms with Crippen LogP contribution in [0, 0.1) is 0 Å². The Labute approximate surface area is 115 Å². The molecular weight excluding hydrogens is 273 g/mol. The van der Waals surface area contributed by atoms with Gasteiger partial charge in [-0.2, -0.15) is 0 Å². The number of carbonyl (C=O) groups excluding carboxylic acids is 1. The molecular formula is C13H11Cl2NO2. The molecule has 0 saturated heterocycles. The Balaban J connectivity index is 2.61. The second-order valence-corrected chi connectivity index (χ2v) is 4.89. The molecule has 0 bridgehead atoms. The highest BCUT2D eigenvalue weighted by atomic mass is 35.5. The van der Waals surface area contributed by atoms with Crippen molar-refractivity contribution in [2.45, 2.75) is 20.0 Å². The number of halogens is 2. The molecule has 0 spiro atoms. The minimum Gasteiger partial charge on any atom is -0.489 e. The van der Waals surface area contributed by atoms with Gasteiger partial charge in [-0.15, -0.1) is 0 Å². The van der Waals surface area contributed by atoms with Crippen LogP contribution in [0.4, 0.5) is 0 Å². The Kier molecular flexibility index (Phi) is 3.73. The van der Waals surface area contributed by atoms with Crippen molar-refractivity contribution in [2.24, 2.45) is 0 Å². The fourth-order valence-electron chi connectivity index (χ4n) is 1.59. The maximum atomic E-state index is 10.8. The molecule has 1 heterocycles. The highest BCUT2D eigenvalue weighted by Crippen LogP contribution is 2.31. The molecule has 0 amide bonds. The molecule has 2 rings (SSSR count). The van der Waals surface area contributed by atoms with E-state index in [0.717, 1.165) is 5.39 Å². The number of ether oxygens (including phenoxy) is 1. The second kappa shape index (κ2) is 5.12. The smallest absolute Gasteiger partial charge is 0.153 e. The van der Waals surface area contributed by atoms with E-state index < -0.39 is 0 Å². The molecule has 94 valence electrons. The van der Waals surface area contributed by atoms with Crippen molar-refractivity contribution in [3.8, 4) is 5.75 Å². The summed E-state index contributed by atoms with van der Waals surface area (Å²) in [5.41, 5.74) is 0.989. The molecule has 2 aromatic rings. The van der Waals surface area contributed by atoms with E-state index in [2.05, 4.69) is 4.98 Å². The number of pyridine rings is 1. The highest BCUT2D eigenvalue weighted by molar-refractivity contribution is 6.33. The van der Waals surface area contributed by atoms with Gasteiger partial charge >= 0.3 is 0 Å². The minimum absolute atomic E-state index is 0.0182. The quantitative estimate of drug-likeness (QED) is 0.628. The third-order valence-corrected chi connectivity index (χ3v) is 2.94. The number of carbonyl (C=O) groups is 1. The number of aldehydes is 1. The van der Waals surface area contributed by atoms with Gasteiger partial charge in [-0.05, 0) is 26.0 Å². The fourth-order valence-corrected chi connectivity index (χ4v) is 2.00. The molecule has 5 heteroatoms. The van der Waals surface area contributed by atoms with Gasteiger partial charge in [0.1, 0.15) is 10.9 Å². The molecule has 0 radical (unpaired) electrons. The third-order valence-electron chi connectivity index (χ3n) is 2.34. The van der Waals surface area contributed by atoms with E-state index in [1.54, 1.807) is 18.2 Å². The number of nitrogens with zero attached hydrogens (tertiary/aromatic N) is 1. The van der Waals surface area contributed by atoms with Crippen LogP contribution in [-0.2, 0) is 0 Å². The second-order valence-electron chi connectivity index (χ2n) is 4.13. The van der Waals surface area contributed by atoms with E-state index in [9.17, 15) is 4.79 Å². The summed E-state index contributed by atoms with van der Waals surface area (Å²) < 4.78 is 5.56. The minimum atomic E-state index is 0.0182. The summed E-state index contributed by atoms with van der Waals surface area (Å²) in [5.74, 6) is 0.557. The first-order valence-corrected chi connectivity index (χ1v) is 6.18. The van der Waals surface area contributed by atoms with Crippen molar-refractivity contribution in [2.75, 3.05) is 0 Å². The maximum Gasteiger partial charge on any atom is 0.153 e. The van der Waals surface area contributed by atoms with Crippen LogP contribution >= 0.6 is 23.2 Å². The topological polar surface area (TPSA) is 39.2 Å². The van der Waals surface area contributed by atoms with Crippen molar-refractivity contribution < 1.29 is 9.53 Å². The molecule has 0 fully saturated rings. The Morgan fingerprint density at radius 1 is 1.28 bits per heavy atom.